The van der Waals surface area contributed by atoms with Crippen molar-refractivity contribution in [1.82, 2.24) is 0 Å². The summed E-state index contributed by atoms with van der Waals surface area (Å²) in [4.78, 5) is 26.1. The maximum Gasteiger partial charge on any atom is 0.256 e. The predicted octanol–water partition coefficient (Wildman–Crippen LogP) is 5.35. The molecule has 0 aliphatic carbocycles. The fourth-order valence-electron chi connectivity index (χ4n) is 3.00. The Balaban J connectivity index is 1.68. The molecule has 0 saturated carbocycles. The Bertz CT molecular complexity index is 1160. The lowest BCUT2D eigenvalue weighted by atomic mass is 10.2. The van der Waals surface area contributed by atoms with Gasteiger partial charge in [-0.15, -0.1) is 11.8 Å². The van der Waals surface area contributed by atoms with Gasteiger partial charge in [0.15, 0.2) is 11.5 Å². The number of amides is 2. The van der Waals surface area contributed by atoms with E-state index in [0.717, 1.165) is 0 Å². The third-order valence-electron chi connectivity index (χ3n) is 4.57. The molecule has 0 saturated heterocycles. The van der Waals surface area contributed by atoms with Gasteiger partial charge in [-0.3, -0.25) is 9.59 Å². The molecule has 33 heavy (non-hydrogen) atoms. The van der Waals surface area contributed by atoms with Gasteiger partial charge in [0.05, 0.1) is 38.3 Å². The monoisotopic (exact) mass is 486 g/mol. The predicted molar refractivity (Wildman–Crippen MR) is 131 cm³/mol. The maximum atomic E-state index is 12.9. The molecule has 7 nitrogen and oxygen atoms in total. The second-order valence-corrected chi connectivity index (χ2v) is 8.16. The maximum absolute atomic E-state index is 12.9. The number of thioether (sulfide) groups is 1. The number of nitrogens with one attached hydrogen (secondary N) is 2. The molecule has 0 aliphatic heterocycles. The molecular formula is C24H23ClN2O5S. The van der Waals surface area contributed by atoms with Gasteiger partial charge in [0, 0.05) is 21.7 Å². The number of rotatable bonds is 9. The summed E-state index contributed by atoms with van der Waals surface area (Å²) < 4.78 is 15.8. The summed E-state index contributed by atoms with van der Waals surface area (Å²) in [6.45, 7) is 0. The van der Waals surface area contributed by atoms with E-state index in [9.17, 15) is 9.59 Å². The van der Waals surface area contributed by atoms with Crippen LogP contribution in [-0.4, -0.2) is 38.9 Å². The fraction of sp³-hybridized carbons (Fsp3) is 0.167. The molecule has 0 aliphatic rings. The summed E-state index contributed by atoms with van der Waals surface area (Å²) in [6.07, 6.45) is 0. The van der Waals surface area contributed by atoms with Gasteiger partial charge in [-0.2, -0.15) is 0 Å². The highest BCUT2D eigenvalue weighted by Gasteiger charge is 2.16. The Morgan fingerprint density at radius 2 is 1.55 bits per heavy atom. The number of benzene rings is 3. The molecule has 2 N–H and O–H groups in total. The Morgan fingerprint density at radius 3 is 2.27 bits per heavy atom. The van der Waals surface area contributed by atoms with Crippen LogP contribution in [0.25, 0.3) is 0 Å². The van der Waals surface area contributed by atoms with Crippen LogP contribution in [0.15, 0.2) is 65.6 Å². The highest BCUT2D eigenvalue weighted by atomic mass is 35.5. The minimum atomic E-state index is -0.334. The van der Waals surface area contributed by atoms with Crippen LogP contribution >= 0.6 is 23.4 Å². The smallest absolute Gasteiger partial charge is 0.256 e. The number of hydrogen-bond donors (Lipinski definition) is 2. The Hall–Kier alpha value is -3.36. The second-order valence-electron chi connectivity index (χ2n) is 6.70. The van der Waals surface area contributed by atoms with Gasteiger partial charge in [0.25, 0.3) is 5.91 Å². The van der Waals surface area contributed by atoms with Crippen molar-refractivity contribution >= 4 is 46.6 Å². The molecule has 0 spiro atoms. The summed E-state index contributed by atoms with van der Waals surface area (Å²) in [6, 6.07) is 17.2. The Morgan fingerprint density at radius 1 is 0.848 bits per heavy atom. The normalized spacial score (nSPS) is 10.3. The molecule has 0 aromatic heterocycles. The summed E-state index contributed by atoms with van der Waals surface area (Å²) >= 11 is 7.31. The molecule has 0 fully saturated rings. The molecular weight excluding hydrogens is 464 g/mol. The zero-order chi connectivity index (χ0) is 23.8. The van der Waals surface area contributed by atoms with E-state index < -0.39 is 0 Å². The van der Waals surface area contributed by atoms with Crippen LogP contribution in [0.4, 0.5) is 11.4 Å². The fourth-order valence-corrected chi connectivity index (χ4v) is 4.02. The van der Waals surface area contributed by atoms with Gasteiger partial charge >= 0.3 is 0 Å². The van der Waals surface area contributed by atoms with Gasteiger partial charge in [-0.1, -0.05) is 23.7 Å². The van der Waals surface area contributed by atoms with Crippen molar-refractivity contribution in [1.29, 1.82) is 0 Å². The van der Waals surface area contributed by atoms with Crippen LogP contribution in [0.3, 0.4) is 0 Å². The van der Waals surface area contributed by atoms with E-state index in [4.69, 9.17) is 25.8 Å². The lowest BCUT2D eigenvalue weighted by Crippen LogP contribution is -2.16. The topological polar surface area (TPSA) is 85.9 Å². The third kappa shape index (κ3) is 6.34. The van der Waals surface area contributed by atoms with Crippen LogP contribution < -0.4 is 24.8 Å². The number of methoxy groups -OCH3 is 3. The van der Waals surface area contributed by atoms with E-state index in [-0.39, 0.29) is 17.6 Å². The molecule has 0 bridgehead atoms. The van der Waals surface area contributed by atoms with Crippen LogP contribution in [0.5, 0.6) is 17.2 Å². The first-order valence-corrected chi connectivity index (χ1v) is 11.2. The Kier molecular flexibility index (Phi) is 8.46. The molecule has 0 unspecified atom stereocenters. The van der Waals surface area contributed by atoms with Crippen LogP contribution in [0.2, 0.25) is 5.02 Å². The SMILES string of the molecule is COc1ccc(Cl)cc1NC(=O)c1ccccc1SCC(=O)Nc1ccc(OC)c(OC)c1. The largest absolute Gasteiger partial charge is 0.495 e. The van der Waals surface area contributed by atoms with Crippen LogP contribution in [0.1, 0.15) is 10.4 Å². The Labute approximate surface area is 201 Å². The highest BCUT2D eigenvalue weighted by Crippen LogP contribution is 2.31. The second kappa shape index (κ2) is 11.5. The number of carbonyl (C=O) groups is 2. The highest BCUT2D eigenvalue weighted by molar-refractivity contribution is 8.00. The minimum absolute atomic E-state index is 0.110. The van der Waals surface area contributed by atoms with E-state index in [2.05, 4.69) is 10.6 Å². The standard InChI is InChI=1S/C24H23ClN2O5S/c1-30-19-10-8-15(25)12-18(19)27-24(29)17-6-4-5-7-22(17)33-14-23(28)26-16-9-11-20(31-2)21(13-16)32-3/h4-13H,14H2,1-3H3,(H,26,28)(H,27,29). The minimum Gasteiger partial charge on any atom is -0.495 e. The van der Waals surface area contributed by atoms with Gasteiger partial charge in [-0.05, 0) is 42.5 Å². The zero-order valence-electron chi connectivity index (χ0n) is 18.3. The summed E-state index contributed by atoms with van der Waals surface area (Å²) in [7, 11) is 4.59. The van der Waals surface area contributed by atoms with Crippen molar-refractivity contribution in [3.8, 4) is 17.2 Å². The van der Waals surface area contributed by atoms with Crippen LogP contribution in [-0.2, 0) is 4.79 Å². The van der Waals surface area contributed by atoms with Crippen molar-refractivity contribution < 1.29 is 23.8 Å². The number of ether oxygens (including phenoxy) is 3. The first-order chi connectivity index (χ1) is 15.9. The van der Waals surface area contributed by atoms with Gasteiger partial charge in [0.1, 0.15) is 5.75 Å². The van der Waals surface area contributed by atoms with Crippen molar-refractivity contribution in [2.75, 3.05) is 37.7 Å². The number of hydrogen-bond acceptors (Lipinski definition) is 6. The van der Waals surface area contributed by atoms with Crippen LogP contribution in [0, 0.1) is 0 Å². The molecule has 9 heteroatoms. The van der Waals surface area contributed by atoms with Crippen molar-refractivity contribution in [2.45, 2.75) is 4.90 Å². The first kappa shape index (κ1) is 24.3. The summed E-state index contributed by atoms with van der Waals surface area (Å²) in [5, 5.41) is 6.12. The molecule has 172 valence electrons. The van der Waals surface area contributed by atoms with E-state index >= 15 is 0 Å². The van der Waals surface area contributed by atoms with Crippen molar-refractivity contribution in [3.05, 3.63) is 71.2 Å². The quantitative estimate of drug-likeness (QED) is 0.396. The number of carbonyl (C=O) groups excluding carboxylic acids is 2. The van der Waals surface area contributed by atoms with Gasteiger partial charge < -0.3 is 24.8 Å². The summed E-state index contributed by atoms with van der Waals surface area (Å²) in [5.74, 6) is 1.13. The average Bonchev–Trinajstić information content (AvgIpc) is 2.83. The average molecular weight is 487 g/mol. The summed E-state index contributed by atoms with van der Waals surface area (Å²) in [5.41, 5.74) is 1.47. The lowest BCUT2D eigenvalue weighted by Gasteiger charge is -2.13. The lowest BCUT2D eigenvalue weighted by molar-refractivity contribution is -0.113. The number of anilines is 2. The van der Waals surface area contributed by atoms with E-state index in [0.29, 0.717) is 44.1 Å². The molecule has 0 atom stereocenters. The van der Waals surface area contributed by atoms with Crippen molar-refractivity contribution in [3.63, 3.8) is 0 Å². The number of halogens is 1. The first-order valence-electron chi connectivity index (χ1n) is 9.83. The molecule has 2 amide bonds. The molecule has 0 heterocycles. The van der Waals surface area contributed by atoms with E-state index in [1.807, 2.05) is 6.07 Å². The molecule has 3 rings (SSSR count). The van der Waals surface area contributed by atoms with Gasteiger partial charge in [-0.25, -0.2) is 0 Å². The van der Waals surface area contributed by atoms with E-state index in [1.165, 1.54) is 26.0 Å². The van der Waals surface area contributed by atoms with Crippen molar-refractivity contribution in [2.24, 2.45) is 0 Å². The molecule has 0 radical (unpaired) electrons. The van der Waals surface area contributed by atoms with Gasteiger partial charge in [0.2, 0.25) is 5.91 Å². The molecule has 3 aromatic carbocycles. The zero-order valence-corrected chi connectivity index (χ0v) is 19.9. The molecule has 3 aromatic rings. The van der Waals surface area contributed by atoms with E-state index in [1.54, 1.807) is 61.7 Å². The third-order valence-corrected chi connectivity index (χ3v) is 5.88.